The van der Waals surface area contributed by atoms with Crippen LogP contribution in [0.2, 0.25) is 0 Å². The van der Waals surface area contributed by atoms with Gasteiger partial charge in [0.1, 0.15) is 0 Å². The number of rotatable bonds is 6. The topological polar surface area (TPSA) is 14.8 Å². The van der Waals surface area contributed by atoms with E-state index < -0.39 is 0 Å². The molecule has 0 bridgehead atoms. The van der Waals surface area contributed by atoms with Gasteiger partial charge in [0, 0.05) is 61.3 Å². The average molecular weight is 864 g/mol. The van der Waals surface area contributed by atoms with Crippen LogP contribution in [-0.2, 0) is 6.54 Å². The number of aromatic nitrogens is 3. The van der Waals surface area contributed by atoms with E-state index >= 15 is 0 Å². The predicted molar refractivity (Wildman–Crippen MR) is 288 cm³/mol. The monoisotopic (exact) mass is 863 g/mol. The van der Waals surface area contributed by atoms with Crippen LogP contribution in [0.1, 0.15) is 5.56 Å². The molecule has 3 aromatic heterocycles. The van der Waals surface area contributed by atoms with Gasteiger partial charge in [0.05, 0.1) is 22.1 Å². The van der Waals surface area contributed by atoms with Gasteiger partial charge in [0.25, 0.3) is 0 Å². The van der Waals surface area contributed by atoms with Crippen molar-refractivity contribution in [2.45, 2.75) is 6.54 Å². The standard InChI is InChI=1S/C65H41N3/c1-2-13-49(14-3-1)67-62-20-9-6-17-54(62)55-38-47(30-36-63(55)67)46-29-35-59-57(39-46)56-37-45(41-25-31-50(32-26-41)68-60-18-7-4-15-52(60)53-16-5-8-19-61(53)68)28-34-58(56)66(59)40-48-24-23-44-22-21-42-11-10-12-43-27-33-51(48)65(44)64(42)43/h1-39H,40H2. The summed E-state index contributed by atoms with van der Waals surface area (Å²) in [7, 11) is 0. The summed E-state index contributed by atoms with van der Waals surface area (Å²) in [5, 5.41) is 15.5. The molecule has 0 N–H and O–H groups in total. The minimum atomic E-state index is 0.755. The fraction of sp³-hybridized carbons (Fsp3) is 0.0154. The van der Waals surface area contributed by atoms with Crippen LogP contribution in [0.15, 0.2) is 237 Å². The third kappa shape index (κ3) is 5.41. The normalized spacial score (nSPS) is 12.2. The first-order valence-corrected chi connectivity index (χ1v) is 23.6. The molecule has 12 aromatic carbocycles. The van der Waals surface area contributed by atoms with E-state index in [0.717, 1.165) is 12.2 Å². The molecule has 0 fully saturated rings. The second-order valence-electron chi connectivity index (χ2n) is 18.5. The minimum absolute atomic E-state index is 0.755. The van der Waals surface area contributed by atoms with Crippen molar-refractivity contribution in [1.82, 2.24) is 13.7 Å². The molecule has 0 radical (unpaired) electrons. The van der Waals surface area contributed by atoms with E-state index in [0.29, 0.717) is 0 Å². The van der Waals surface area contributed by atoms with Gasteiger partial charge in [-0.2, -0.15) is 0 Å². The van der Waals surface area contributed by atoms with Crippen LogP contribution in [0, 0.1) is 0 Å². The van der Waals surface area contributed by atoms with Crippen LogP contribution in [0.3, 0.4) is 0 Å². The van der Waals surface area contributed by atoms with Crippen molar-refractivity contribution in [2.24, 2.45) is 0 Å². The van der Waals surface area contributed by atoms with E-state index in [2.05, 4.69) is 250 Å². The molecular formula is C65H41N3. The van der Waals surface area contributed by atoms with Gasteiger partial charge < -0.3 is 13.7 Å². The Bertz CT molecular complexity index is 4440. The maximum atomic E-state index is 2.55. The largest absolute Gasteiger partial charge is 0.336 e. The first kappa shape index (κ1) is 37.3. The Morgan fingerprint density at radius 1 is 0.250 bits per heavy atom. The number of nitrogens with zero attached hydrogens (tertiary/aromatic N) is 3. The van der Waals surface area contributed by atoms with Gasteiger partial charge in [-0.15, -0.1) is 0 Å². The third-order valence-electron chi connectivity index (χ3n) is 14.9. The van der Waals surface area contributed by atoms with Gasteiger partial charge >= 0.3 is 0 Å². The van der Waals surface area contributed by atoms with Crippen molar-refractivity contribution in [3.63, 3.8) is 0 Å². The Labute approximate surface area is 391 Å². The van der Waals surface area contributed by atoms with Gasteiger partial charge in [-0.25, -0.2) is 0 Å². The lowest BCUT2D eigenvalue weighted by molar-refractivity contribution is 0.876. The molecule has 0 amide bonds. The minimum Gasteiger partial charge on any atom is -0.336 e. The highest BCUT2D eigenvalue weighted by Gasteiger charge is 2.19. The molecule has 0 aliphatic carbocycles. The zero-order valence-corrected chi connectivity index (χ0v) is 37.1. The molecular weight excluding hydrogens is 823 g/mol. The lowest BCUT2D eigenvalue weighted by Crippen LogP contribution is -2.01. The van der Waals surface area contributed by atoms with Gasteiger partial charge in [0.15, 0.2) is 0 Å². The van der Waals surface area contributed by atoms with Crippen LogP contribution >= 0.6 is 0 Å². The van der Waals surface area contributed by atoms with Gasteiger partial charge in [0.2, 0.25) is 0 Å². The summed E-state index contributed by atoms with van der Waals surface area (Å²) < 4.78 is 7.33. The quantitative estimate of drug-likeness (QED) is 0.148. The van der Waals surface area contributed by atoms with E-state index in [4.69, 9.17) is 0 Å². The predicted octanol–water partition coefficient (Wildman–Crippen LogP) is 17.3. The highest BCUT2D eigenvalue weighted by Crippen LogP contribution is 2.41. The second-order valence-corrected chi connectivity index (χ2v) is 18.5. The summed E-state index contributed by atoms with van der Waals surface area (Å²) in [6.07, 6.45) is 0. The Kier molecular flexibility index (Phi) is 7.84. The van der Waals surface area contributed by atoms with Crippen molar-refractivity contribution in [2.75, 3.05) is 0 Å². The van der Waals surface area contributed by atoms with Crippen molar-refractivity contribution in [1.29, 1.82) is 0 Å². The van der Waals surface area contributed by atoms with E-state index in [1.807, 2.05) is 0 Å². The summed E-state index contributed by atoms with van der Waals surface area (Å²) in [5.41, 5.74) is 15.8. The first-order valence-electron chi connectivity index (χ1n) is 23.6. The van der Waals surface area contributed by atoms with Crippen LogP contribution in [-0.4, -0.2) is 13.7 Å². The molecule has 0 aliphatic rings. The zero-order valence-electron chi connectivity index (χ0n) is 37.1. The Hall–Kier alpha value is -8.92. The van der Waals surface area contributed by atoms with E-state index in [1.165, 1.54) is 131 Å². The third-order valence-corrected chi connectivity index (χ3v) is 14.9. The lowest BCUT2D eigenvalue weighted by Gasteiger charge is -2.15. The maximum Gasteiger partial charge on any atom is 0.0541 e. The lowest BCUT2D eigenvalue weighted by atomic mass is 9.92. The molecule has 3 heterocycles. The maximum absolute atomic E-state index is 2.55. The van der Waals surface area contributed by atoms with E-state index in [1.54, 1.807) is 0 Å². The SMILES string of the molecule is c1ccc(-n2c3ccccc3c3cc(-c4ccc5c(c4)c4cc(-c6ccc(-n7c8ccccc8c8ccccc87)cc6)ccc4n5Cc4ccc5ccc6cccc7ccc4c5c67)ccc32)cc1. The summed E-state index contributed by atoms with van der Waals surface area (Å²) >= 11 is 0. The van der Waals surface area contributed by atoms with Crippen LogP contribution in [0.4, 0.5) is 0 Å². The molecule has 3 nitrogen and oxygen atoms in total. The Balaban J connectivity index is 0.903. The van der Waals surface area contributed by atoms with Crippen molar-refractivity contribution in [3.05, 3.63) is 242 Å². The fourth-order valence-electron chi connectivity index (χ4n) is 11.7. The number of hydrogen-bond donors (Lipinski definition) is 0. The van der Waals surface area contributed by atoms with Crippen molar-refractivity contribution >= 4 is 97.7 Å². The number of para-hydroxylation sites is 4. The summed E-state index contributed by atoms with van der Waals surface area (Å²) in [6.45, 7) is 0.755. The van der Waals surface area contributed by atoms with Crippen LogP contribution in [0.25, 0.3) is 131 Å². The van der Waals surface area contributed by atoms with Crippen LogP contribution < -0.4 is 0 Å². The average Bonchev–Trinajstić information content (AvgIpc) is 4.03. The van der Waals surface area contributed by atoms with Gasteiger partial charge in [-0.1, -0.05) is 158 Å². The summed E-state index contributed by atoms with van der Waals surface area (Å²) in [6, 6.07) is 87.8. The fourth-order valence-corrected chi connectivity index (χ4v) is 11.7. The summed E-state index contributed by atoms with van der Waals surface area (Å²) in [4.78, 5) is 0. The molecule has 0 unspecified atom stereocenters. The molecule has 3 heteroatoms. The summed E-state index contributed by atoms with van der Waals surface area (Å²) in [5.74, 6) is 0. The Morgan fingerprint density at radius 2 is 0.676 bits per heavy atom. The Morgan fingerprint density at radius 3 is 1.28 bits per heavy atom. The molecule has 0 spiro atoms. The molecule has 0 atom stereocenters. The van der Waals surface area contributed by atoms with Gasteiger partial charge in [-0.05, 0) is 139 Å². The number of fused-ring (bicyclic) bond motifs is 9. The van der Waals surface area contributed by atoms with Gasteiger partial charge in [-0.3, -0.25) is 0 Å². The molecule has 0 saturated carbocycles. The molecule has 0 aliphatic heterocycles. The molecule has 15 aromatic rings. The van der Waals surface area contributed by atoms with E-state index in [9.17, 15) is 0 Å². The highest BCUT2D eigenvalue weighted by molar-refractivity contribution is 6.24. The molecule has 0 saturated heterocycles. The van der Waals surface area contributed by atoms with Crippen LogP contribution in [0.5, 0.6) is 0 Å². The molecule has 15 rings (SSSR count). The number of benzene rings is 12. The molecule has 68 heavy (non-hydrogen) atoms. The first-order chi connectivity index (χ1) is 33.7. The van der Waals surface area contributed by atoms with Crippen molar-refractivity contribution in [3.8, 4) is 33.6 Å². The van der Waals surface area contributed by atoms with Crippen molar-refractivity contribution < 1.29 is 0 Å². The highest BCUT2D eigenvalue weighted by atomic mass is 15.0. The van der Waals surface area contributed by atoms with E-state index in [-0.39, 0.29) is 0 Å². The molecule has 316 valence electrons. The second kappa shape index (κ2) is 14.3. The smallest absolute Gasteiger partial charge is 0.0541 e. The number of hydrogen-bond acceptors (Lipinski definition) is 0. The zero-order chi connectivity index (χ0) is 44.5.